The second-order valence-electron chi connectivity index (χ2n) is 3.49. The van der Waals surface area contributed by atoms with Crippen molar-refractivity contribution in [1.82, 2.24) is 5.32 Å². The van der Waals surface area contributed by atoms with Gasteiger partial charge >= 0.3 is 0 Å². The molecule has 1 rings (SSSR count). The van der Waals surface area contributed by atoms with Crippen molar-refractivity contribution in [2.24, 2.45) is 5.73 Å². The molecule has 0 aromatic heterocycles. The van der Waals surface area contributed by atoms with E-state index in [-0.39, 0.29) is 18.1 Å². The molecule has 2 amide bonds. The summed E-state index contributed by atoms with van der Waals surface area (Å²) >= 11 is 0. The summed E-state index contributed by atoms with van der Waals surface area (Å²) in [5.41, 5.74) is 5.73. The van der Waals surface area contributed by atoms with E-state index in [0.717, 1.165) is 0 Å². The number of nitrogens with one attached hydrogen (secondary N) is 1. The van der Waals surface area contributed by atoms with Gasteiger partial charge < -0.3 is 11.1 Å². The number of rotatable bonds is 4. The van der Waals surface area contributed by atoms with Gasteiger partial charge in [-0.05, 0) is 17.7 Å². The maximum atomic E-state index is 12.9. The molecule has 0 saturated carbocycles. The summed E-state index contributed by atoms with van der Waals surface area (Å²) in [6.45, 7) is 1.29. The number of nitrogens with two attached hydrogens (primary N) is 1. The Kier molecular flexibility index (Phi) is 3.99. The Morgan fingerprint density at radius 1 is 1.50 bits per heavy atom. The van der Waals surface area contributed by atoms with Crippen molar-refractivity contribution in [3.63, 3.8) is 0 Å². The molecule has 0 bridgehead atoms. The Hall–Kier alpha value is -1.91. The SMILES string of the molecule is CC(=O)N[C@@H](Cc1cccc(F)c1)C(N)=O. The highest BCUT2D eigenvalue weighted by Gasteiger charge is 2.16. The van der Waals surface area contributed by atoms with Gasteiger partial charge in [0, 0.05) is 13.3 Å². The fourth-order valence-corrected chi connectivity index (χ4v) is 1.37. The molecule has 0 heterocycles. The standard InChI is InChI=1S/C11H13FN2O2/c1-7(15)14-10(11(13)16)6-8-3-2-4-9(12)5-8/h2-5,10H,6H2,1H3,(H2,13,16)(H,14,15)/t10-/m0/s1. The van der Waals surface area contributed by atoms with Gasteiger partial charge in [-0.25, -0.2) is 4.39 Å². The molecule has 5 heteroatoms. The fraction of sp³-hybridized carbons (Fsp3) is 0.273. The van der Waals surface area contributed by atoms with E-state index >= 15 is 0 Å². The highest BCUT2D eigenvalue weighted by atomic mass is 19.1. The van der Waals surface area contributed by atoms with Crippen LogP contribution < -0.4 is 11.1 Å². The first-order chi connectivity index (χ1) is 7.49. The largest absolute Gasteiger partial charge is 0.368 e. The number of carbonyl (C=O) groups is 2. The number of hydrogen-bond donors (Lipinski definition) is 2. The van der Waals surface area contributed by atoms with Crippen LogP contribution in [0.2, 0.25) is 0 Å². The lowest BCUT2D eigenvalue weighted by Gasteiger charge is -2.14. The lowest BCUT2D eigenvalue weighted by Crippen LogP contribution is -2.44. The van der Waals surface area contributed by atoms with Crippen LogP contribution >= 0.6 is 0 Å². The van der Waals surface area contributed by atoms with E-state index in [0.29, 0.717) is 5.56 Å². The van der Waals surface area contributed by atoms with E-state index in [1.54, 1.807) is 6.07 Å². The Labute approximate surface area is 92.6 Å². The number of halogens is 1. The number of hydrogen-bond acceptors (Lipinski definition) is 2. The molecule has 86 valence electrons. The Balaban J connectivity index is 2.75. The molecule has 0 aliphatic rings. The van der Waals surface area contributed by atoms with Crippen molar-refractivity contribution < 1.29 is 14.0 Å². The molecule has 4 nitrogen and oxygen atoms in total. The van der Waals surface area contributed by atoms with E-state index in [4.69, 9.17) is 5.73 Å². The van der Waals surface area contributed by atoms with Crippen LogP contribution in [0.1, 0.15) is 12.5 Å². The molecular weight excluding hydrogens is 211 g/mol. The number of amides is 2. The molecule has 1 aromatic carbocycles. The zero-order valence-corrected chi connectivity index (χ0v) is 8.87. The maximum absolute atomic E-state index is 12.9. The van der Waals surface area contributed by atoms with Gasteiger partial charge in [0.1, 0.15) is 11.9 Å². The van der Waals surface area contributed by atoms with Crippen LogP contribution in [0.4, 0.5) is 4.39 Å². The molecule has 0 saturated heterocycles. The Morgan fingerprint density at radius 2 is 2.19 bits per heavy atom. The van der Waals surface area contributed by atoms with E-state index < -0.39 is 11.9 Å². The van der Waals surface area contributed by atoms with Crippen LogP contribution in [-0.4, -0.2) is 17.9 Å². The molecule has 0 fully saturated rings. The Bertz CT molecular complexity index is 407. The van der Waals surface area contributed by atoms with Crippen LogP contribution in [0.5, 0.6) is 0 Å². The summed E-state index contributed by atoms with van der Waals surface area (Å²) in [6, 6.07) is 5.01. The van der Waals surface area contributed by atoms with Crippen molar-refractivity contribution in [3.05, 3.63) is 35.6 Å². The minimum absolute atomic E-state index is 0.187. The molecule has 1 aromatic rings. The number of primary amides is 1. The minimum Gasteiger partial charge on any atom is -0.368 e. The van der Waals surface area contributed by atoms with Crippen molar-refractivity contribution >= 4 is 11.8 Å². The molecule has 0 aliphatic carbocycles. The maximum Gasteiger partial charge on any atom is 0.240 e. The van der Waals surface area contributed by atoms with Gasteiger partial charge in [0.15, 0.2) is 0 Å². The lowest BCUT2D eigenvalue weighted by molar-refractivity contribution is -0.126. The molecule has 0 spiro atoms. The third kappa shape index (κ3) is 3.68. The summed E-state index contributed by atoms with van der Waals surface area (Å²) in [5.74, 6) is -1.37. The van der Waals surface area contributed by atoms with Gasteiger partial charge in [-0.1, -0.05) is 12.1 Å². The summed E-state index contributed by atoms with van der Waals surface area (Å²) in [7, 11) is 0. The second-order valence-corrected chi connectivity index (χ2v) is 3.49. The quantitative estimate of drug-likeness (QED) is 0.775. The second kappa shape index (κ2) is 5.25. The molecular formula is C11H13FN2O2. The lowest BCUT2D eigenvalue weighted by atomic mass is 10.1. The average molecular weight is 224 g/mol. The predicted octanol–water partition coefficient (Wildman–Crippen LogP) is 0.358. The normalized spacial score (nSPS) is 11.9. The predicted molar refractivity (Wildman–Crippen MR) is 56.9 cm³/mol. The smallest absolute Gasteiger partial charge is 0.240 e. The molecule has 0 radical (unpaired) electrons. The highest BCUT2D eigenvalue weighted by molar-refractivity contribution is 5.85. The van der Waals surface area contributed by atoms with Gasteiger partial charge in [0.25, 0.3) is 0 Å². The molecule has 0 aliphatic heterocycles. The highest BCUT2D eigenvalue weighted by Crippen LogP contribution is 2.06. The summed E-state index contributed by atoms with van der Waals surface area (Å²) < 4.78 is 12.9. The third-order valence-electron chi connectivity index (χ3n) is 2.05. The van der Waals surface area contributed by atoms with E-state index in [1.165, 1.54) is 25.1 Å². The molecule has 1 atom stereocenters. The monoisotopic (exact) mass is 224 g/mol. The minimum atomic E-state index is -0.806. The van der Waals surface area contributed by atoms with E-state index in [2.05, 4.69) is 5.32 Å². The zero-order chi connectivity index (χ0) is 12.1. The van der Waals surface area contributed by atoms with Gasteiger partial charge in [-0.15, -0.1) is 0 Å². The summed E-state index contributed by atoms with van der Waals surface area (Å²) in [6.07, 6.45) is 0.187. The summed E-state index contributed by atoms with van der Waals surface area (Å²) in [5, 5.41) is 2.41. The first-order valence-electron chi connectivity index (χ1n) is 4.80. The van der Waals surface area contributed by atoms with E-state index in [9.17, 15) is 14.0 Å². The summed E-state index contributed by atoms with van der Waals surface area (Å²) in [4.78, 5) is 21.9. The van der Waals surface area contributed by atoms with Crippen LogP contribution in [0, 0.1) is 5.82 Å². The van der Waals surface area contributed by atoms with Gasteiger partial charge in [-0.3, -0.25) is 9.59 Å². The zero-order valence-electron chi connectivity index (χ0n) is 8.87. The Morgan fingerprint density at radius 3 is 2.69 bits per heavy atom. The van der Waals surface area contributed by atoms with Crippen LogP contribution in [0.15, 0.2) is 24.3 Å². The van der Waals surface area contributed by atoms with Crippen LogP contribution in [0.25, 0.3) is 0 Å². The van der Waals surface area contributed by atoms with Gasteiger partial charge in [0.05, 0.1) is 0 Å². The number of benzene rings is 1. The first-order valence-corrected chi connectivity index (χ1v) is 4.80. The number of carbonyl (C=O) groups excluding carboxylic acids is 2. The van der Waals surface area contributed by atoms with Gasteiger partial charge in [0.2, 0.25) is 11.8 Å². The molecule has 0 unspecified atom stereocenters. The van der Waals surface area contributed by atoms with Crippen LogP contribution in [0.3, 0.4) is 0 Å². The van der Waals surface area contributed by atoms with Crippen molar-refractivity contribution in [1.29, 1.82) is 0 Å². The molecule has 3 N–H and O–H groups in total. The third-order valence-corrected chi connectivity index (χ3v) is 2.05. The van der Waals surface area contributed by atoms with E-state index in [1.807, 2.05) is 0 Å². The molecule has 16 heavy (non-hydrogen) atoms. The van der Waals surface area contributed by atoms with Crippen LogP contribution in [-0.2, 0) is 16.0 Å². The fourth-order valence-electron chi connectivity index (χ4n) is 1.37. The van der Waals surface area contributed by atoms with Crippen molar-refractivity contribution in [2.45, 2.75) is 19.4 Å². The topological polar surface area (TPSA) is 72.2 Å². The van der Waals surface area contributed by atoms with Crippen molar-refractivity contribution in [2.75, 3.05) is 0 Å². The average Bonchev–Trinajstić information content (AvgIpc) is 2.15. The van der Waals surface area contributed by atoms with Crippen molar-refractivity contribution in [3.8, 4) is 0 Å². The van der Waals surface area contributed by atoms with Gasteiger partial charge in [-0.2, -0.15) is 0 Å². The first kappa shape index (κ1) is 12.2.